The van der Waals surface area contributed by atoms with Crippen molar-refractivity contribution in [1.82, 2.24) is 16.0 Å². The Morgan fingerprint density at radius 1 is 0.935 bits per heavy atom. The SMILES string of the molecule is CCC(C)C(NC(=O)C(N)C(C)C)C(=O)NC(CS)C(=O)NC(CCCCN)C(=O)O. The van der Waals surface area contributed by atoms with Crippen LogP contribution >= 0.6 is 12.6 Å². The third-order valence-electron chi connectivity index (χ3n) is 5.19. The minimum atomic E-state index is -1.16. The fourth-order valence-electron chi connectivity index (χ4n) is 2.73. The summed E-state index contributed by atoms with van der Waals surface area (Å²) >= 11 is 4.12. The molecule has 180 valence electrons. The Morgan fingerprint density at radius 2 is 1.52 bits per heavy atom. The number of carbonyl (C=O) groups is 4. The molecule has 0 aliphatic carbocycles. The van der Waals surface area contributed by atoms with Gasteiger partial charge in [-0.05, 0) is 37.6 Å². The van der Waals surface area contributed by atoms with E-state index in [-0.39, 0.29) is 24.0 Å². The molecule has 0 saturated carbocycles. The Bertz CT molecular complexity index is 605. The van der Waals surface area contributed by atoms with Gasteiger partial charge in [0.1, 0.15) is 18.1 Å². The number of rotatable bonds is 15. The van der Waals surface area contributed by atoms with Gasteiger partial charge in [-0.25, -0.2) is 4.79 Å². The molecule has 31 heavy (non-hydrogen) atoms. The number of carboxylic acid groups (broad SMARTS) is 1. The van der Waals surface area contributed by atoms with E-state index in [0.29, 0.717) is 25.8 Å². The van der Waals surface area contributed by atoms with Crippen LogP contribution in [-0.2, 0) is 19.2 Å². The molecule has 11 heteroatoms. The van der Waals surface area contributed by atoms with Crippen molar-refractivity contribution < 1.29 is 24.3 Å². The normalized spacial score (nSPS) is 16.0. The number of nitrogens with one attached hydrogen (secondary N) is 3. The summed E-state index contributed by atoms with van der Waals surface area (Å²) in [7, 11) is 0. The third kappa shape index (κ3) is 10.3. The Hall–Kier alpha value is -1.85. The zero-order valence-corrected chi connectivity index (χ0v) is 19.8. The number of unbranched alkanes of at least 4 members (excludes halogenated alkanes) is 1. The van der Waals surface area contributed by atoms with Gasteiger partial charge in [0.05, 0.1) is 6.04 Å². The second-order valence-electron chi connectivity index (χ2n) is 8.07. The number of aliphatic carboxylic acids is 1. The van der Waals surface area contributed by atoms with Crippen LogP contribution in [0.2, 0.25) is 0 Å². The molecule has 0 aromatic carbocycles. The first kappa shape index (κ1) is 29.1. The summed E-state index contributed by atoms with van der Waals surface area (Å²) in [6, 6.07) is -3.81. The molecule has 5 atom stereocenters. The van der Waals surface area contributed by atoms with Crippen LogP contribution in [0.4, 0.5) is 0 Å². The van der Waals surface area contributed by atoms with Gasteiger partial charge in [-0.2, -0.15) is 12.6 Å². The van der Waals surface area contributed by atoms with Crippen LogP contribution in [0.3, 0.4) is 0 Å². The highest BCUT2D eigenvalue weighted by molar-refractivity contribution is 7.80. The van der Waals surface area contributed by atoms with Gasteiger partial charge in [-0.15, -0.1) is 0 Å². The minimum absolute atomic E-state index is 0.0423. The number of carboxylic acids is 1. The first-order valence-corrected chi connectivity index (χ1v) is 11.3. The zero-order valence-electron chi connectivity index (χ0n) is 18.9. The molecule has 0 aromatic heterocycles. The predicted molar refractivity (Wildman–Crippen MR) is 122 cm³/mol. The van der Waals surface area contributed by atoms with Crippen molar-refractivity contribution in [3.8, 4) is 0 Å². The molecule has 0 bridgehead atoms. The maximum absolute atomic E-state index is 12.9. The quantitative estimate of drug-likeness (QED) is 0.128. The molecule has 0 saturated heterocycles. The van der Waals surface area contributed by atoms with Crippen LogP contribution < -0.4 is 27.4 Å². The van der Waals surface area contributed by atoms with Crippen LogP contribution in [0.15, 0.2) is 0 Å². The Labute approximate surface area is 190 Å². The van der Waals surface area contributed by atoms with Crippen molar-refractivity contribution in [3.05, 3.63) is 0 Å². The fraction of sp³-hybridized carbons (Fsp3) is 0.800. The highest BCUT2D eigenvalue weighted by atomic mass is 32.1. The summed E-state index contributed by atoms with van der Waals surface area (Å²) in [6.45, 7) is 7.71. The molecule has 0 aromatic rings. The zero-order chi connectivity index (χ0) is 24.1. The van der Waals surface area contributed by atoms with E-state index in [0.717, 1.165) is 0 Å². The second kappa shape index (κ2) is 15.0. The summed E-state index contributed by atoms with van der Waals surface area (Å²) in [5.41, 5.74) is 11.3. The maximum atomic E-state index is 12.9. The molecule has 0 heterocycles. The van der Waals surface area contributed by atoms with Gasteiger partial charge >= 0.3 is 5.97 Å². The van der Waals surface area contributed by atoms with Crippen LogP contribution in [0, 0.1) is 11.8 Å². The molecule has 5 unspecified atom stereocenters. The average Bonchev–Trinajstić information content (AvgIpc) is 2.73. The fourth-order valence-corrected chi connectivity index (χ4v) is 2.99. The Balaban J connectivity index is 5.23. The molecule has 3 amide bonds. The van der Waals surface area contributed by atoms with Crippen LogP contribution in [-0.4, -0.2) is 65.3 Å². The Morgan fingerprint density at radius 3 is 1.97 bits per heavy atom. The molecule has 0 spiro atoms. The molecule has 8 N–H and O–H groups in total. The van der Waals surface area contributed by atoms with Crippen molar-refractivity contribution in [2.45, 2.75) is 77.5 Å². The Kier molecular flexibility index (Phi) is 14.1. The summed E-state index contributed by atoms with van der Waals surface area (Å²) in [6.07, 6.45) is 2.02. The predicted octanol–water partition coefficient (Wildman–Crippen LogP) is -0.386. The van der Waals surface area contributed by atoms with Gasteiger partial charge in [0, 0.05) is 5.75 Å². The van der Waals surface area contributed by atoms with Crippen molar-refractivity contribution in [2.24, 2.45) is 23.3 Å². The van der Waals surface area contributed by atoms with E-state index in [1.807, 2.05) is 6.92 Å². The van der Waals surface area contributed by atoms with Crippen molar-refractivity contribution in [1.29, 1.82) is 0 Å². The molecular formula is C20H39N5O5S. The van der Waals surface area contributed by atoms with Crippen molar-refractivity contribution in [3.63, 3.8) is 0 Å². The van der Waals surface area contributed by atoms with E-state index >= 15 is 0 Å². The lowest BCUT2D eigenvalue weighted by atomic mass is 9.96. The van der Waals surface area contributed by atoms with E-state index in [9.17, 15) is 24.3 Å². The van der Waals surface area contributed by atoms with E-state index in [1.54, 1.807) is 20.8 Å². The van der Waals surface area contributed by atoms with E-state index in [1.165, 1.54) is 0 Å². The molecule has 0 aliphatic rings. The molecule has 0 radical (unpaired) electrons. The van der Waals surface area contributed by atoms with Gasteiger partial charge in [-0.3, -0.25) is 14.4 Å². The highest BCUT2D eigenvalue weighted by Crippen LogP contribution is 2.10. The van der Waals surface area contributed by atoms with Crippen LogP contribution in [0.25, 0.3) is 0 Å². The summed E-state index contributed by atoms with van der Waals surface area (Å²) in [5.74, 6) is -3.19. The van der Waals surface area contributed by atoms with Crippen molar-refractivity contribution in [2.75, 3.05) is 12.3 Å². The standard InChI is InChI=1S/C20H39N5O5S/c1-5-12(4)16(25-18(27)15(22)11(2)3)19(28)24-14(10-31)17(26)23-13(20(29)30)8-6-7-9-21/h11-16,31H,5-10,21-22H2,1-4H3,(H,23,26)(H,24,28)(H,25,27)(H,29,30). The third-order valence-corrected chi connectivity index (χ3v) is 5.56. The van der Waals surface area contributed by atoms with Crippen molar-refractivity contribution >= 4 is 36.3 Å². The highest BCUT2D eigenvalue weighted by Gasteiger charge is 2.32. The number of hydrogen-bond donors (Lipinski definition) is 7. The largest absolute Gasteiger partial charge is 0.480 e. The molecule has 0 rings (SSSR count). The number of amides is 3. The van der Waals surface area contributed by atoms with E-state index < -0.39 is 47.9 Å². The summed E-state index contributed by atoms with van der Waals surface area (Å²) in [4.78, 5) is 49.2. The number of nitrogens with two attached hydrogens (primary N) is 2. The topological polar surface area (TPSA) is 177 Å². The van der Waals surface area contributed by atoms with Crippen LogP contribution in [0.1, 0.15) is 53.4 Å². The molecule has 0 aliphatic heterocycles. The van der Waals surface area contributed by atoms with Gasteiger partial charge < -0.3 is 32.5 Å². The second-order valence-corrected chi connectivity index (χ2v) is 8.43. The minimum Gasteiger partial charge on any atom is -0.480 e. The molecule has 10 nitrogen and oxygen atoms in total. The van der Waals surface area contributed by atoms with E-state index in [2.05, 4.69) is 28.6 Å². The summed E-state index contributed by atoms with van der Waals surface area (Å²) < 4.78 is 0. The first-order valence-electron chi connectivity index (χ1n) is 10.7. The van der Waals surface area contributed by atoms with Crippen LogP contribution in [0.5, 0.6) is 0 Å². The average molecular weight is 462 g/mol. The lowest BCUT2D eigenvalue weighted by Gasteiger charge is -2.28. The van der Waals surface area contributed by atoms with Gasteiger partial charge in [0.2, 0.25) is 17.7 Å². The monoisotopic (exact) mass is 461 g/mol. The molecule has 0 fully saturated rings. The molecular weight excluding hydrogens is 422 g/mol. The lowest BCUT2D eigenvalue weighted by Crippen LogP contribution is -2.59. The summed E-state index contributed by atoms with van der Waals surface area (Å²) in [5, 5.41) is 17.0. The maximum Gasteiger partial charge on any atom is 0.326 e. The number of carbonyl (C=O) groups excluding carboxylic acids is 3. The number of thiol groups is 1. The first-order chi connectivity index (χ1) is 14.5. The number of hydrogen-bond acceptors (Lipinski definition) is 7. The smallest absolute Gasteiger partial charge is 0.326 e. The van der Waals surface area contributed by atoms with Gasteiger partial charge in [0.15, 0.2) is 0 Å². The van der Waals surface area contributed by atoms with Gasteiger partial charge in [-0.1, -0.05) is 34.1 Å². The van der Waals surface area contributed by atoms with Gasteiger partial charge in [0.25, 0.3) is 0 Å². The van der Waals surface area contributed by atoms with E-state index in [4.69, 9.17) is 11.5 Å². The lowest BCUT2D eigenvalue weighted by molar-refractivity contribution is -0.142.